The van der Waals surface area contributed by atoms with Crippen LogP contribution in [0.5, 0.6) is 23.4 Å². The fourth-order valence-electron chi connectivity index (χ4n) is 3.99. The molecule has 0 bridgehead atoms. The van der Waals surface area contributed by atoms with Crippen molar-refractivity contribution < 1.29 is 34.0 Å². The normalized spacial score (nSPS) is 11.0. The van der Waals surface area contributed by atoms with Gasteiger partial charge in [0.15, 0.2) is 0 Å². The molecule has 0 saturated heterocycles. The number of nitrogens with zero attached hydrogens (tertiary/aromatic N) is 6. The molecule has 0 aliphatic rings. The zero-order chi connectivity index (χ0) is 32.7. The molecule has 16 nitrogen and oxygen atoms in total. The van der Waals surface area contributed by atoms with Gasteiger partial charge in [-0.05, 0) is 29.8 Å². The summed E-state index contributed by atoms with van der Waals surface area (Å²) in [5.74, 6) is -3.74. The van der Waals surface area contributed by atoms with E-state index in [1.165, 1.54) is 29.2 Å². The first-order valence-electron chi connectivity index (χ1n) is 12.9. The molecule has 1 aromatic heterocycles. The molecule has 2 N–H and O–H groups in total. The number of nitro groups is 2. The van der Waals surface area contributed by atoms with Gasteiger partial charge in [-0.2, -0.15) is 15.2 Å². The van der Waals surface area contributed by atoms with Crippen molar-refractivity contribution in [3.8, 4) is 29.5 Å². The predicted molar refractivity (Wildman–Crippen MR) is 156 cm³/mol. The second kappa shape index (κ2) is 13.6. The number of carbonyl (C=O) groups excluding carboxylic acids is 1. The Morgan fingerprint density at radius 2 is 1.73 bits per heavy atom. The zero-order valence-corrected chi connectivity index (χ0v) is 23.6. The minimum absolute atomic E-state index is 0.0324. The number of ether oxygens (including phenoxy) is 2. The van der Waals surface area contributed by atoms with Gasteiger partial charge in [0.05, 0.1) is 21.5 Å². The molecule has 0 aliphatic carbocycles. The largest absolute Gasteiger partial charge is 0.480 e. The van der Waals surface area contributed by atoms with Crippen molar-refractivity contribution in [1.29, 1.82) is 5.26 Å². The Kier molecular flexibility index (Phi) is 9.44. The Morgan fingerprint density at radius 1 is 1.00 bits per heavy atom. The van der Waals surface area contributed by atoms with Crippen LogP contribution >= 0.6 is 0 Å². The molecule has 1 atom stereocenters. The van der Waals surface area contributed by atoms with Crippen LogP contribution < -0.4 is 14.8 Å². The molecular formula is C29H23N7O9. The topological polar surface area (TPSA) is 224 Å². The molecule has 16 heteroatoms. The number of nitrogens with one attached hydrogen (secondary N) is 1. The van der Waals surface area contributed by atoms with E-state index < -0.39 is 56.7 Å². The Balaban J connectivity index is 1.86. The average molecular weight is 614 g/mol. The first kappa shape index (κ1) is 31.3. The first-order chi connectivity index (χ1) is 21.5. The number of aromatic nitrogens is 2. The fourth-order valence-corrected chi connectivity index (χ4v) is 3.99. The summed E-state index contributed by atoms with van der Waals surface area (Å²) in [5.41, 5.74) is -0.838. The standard InChI is InChI=1S/C29H23N7O9/c1-34(2)27(37)19-9-6-10-20(15-19)44-29-32-25(31-21(28(38)39)13-17-7-4-3-5-8-17)24(36(42)43)26(33-29)45-23-14-18(16-30)11-12-22(23)35(40)41/h3-12,14-15,21H,13H2,1-2H3,(H,38,39)(H,31,32,33). The van der Waals surface area contributed by atoms with Crippen molar-refractivity contribution >= 4 is 29.1 Å². The number of carbonyl (C=O) groups is 2. The Hall–Kier alpha value is -6.63. The van der Waals surface area contributed by atoms with Crippen LogP contribution in [0, 0.1) is 31.6 Å². The molecule has 4 rings (SSSR count). The smallest absolute Gasteiger partial charge is 0.373 e. The molecule has 0 saturated carbocycles. The maximum Gasteiger partial charge on any atom is 0.373 e. The maximum absolute atomic E-state index is 12.5. The van der Waals surface area contributed by atoms with Crippen LogP contribution in [0.4, 0.5) is 17.2 Å². The molecule has 45 heavy (non-hydrogen) atoms. The van der Waals surface area contributed by atoms with Gasteiger partial charge >= 0.3 is 29.2 Å². The summed E-state index contributed by atoms with van der Waals surface area (Å²) >= 11 is 0. The van der Waals surface area contributed by atoms with E-state index >= 15 is 0 Å². The monoisotopic (exact) mass is 613 g/mol. The van der Waals surface area contributed by atoms with Gasteiger partial charge in [0.2, 0.25) is 11.6 Å². The third-order valence-corrected chi connectivity index (χ3v) is 6.09. The van der Waals surface area contributed by atoms with Gasteiger partial charge in [-0.15, -0.1) is 0 Å². The maximum atomic E-state index is 12.5. The predicted octanol–water partition coefficient (Wildman–Crippen LogP) is 4.56. The third-order valence-electron chi connectivity index (χ3n) is 6.09. The van der Waals surface area contributed by atoms with Crippen LogP contribution in [0.3, 0.4) is 0 Å². The lowest BCUT2D eigenvalue weighted by molar-refractivity contribution is -0.387. The first-order valence-corrected chi connectivity index (χ1v) is 12.9. The third kappa shape index (κ3) is 7.61. The molecule has 228 valence electrons. The molecule has 3 aromatic carbocycles. The summed E-state index contributed by atoms with van der Waals surface area (Å²) in [6, 6.07) is 17.2. The highest BCUT2D eigenvalue weighted by atomic mass is 16.6. The van der Waals surface area contributed by atoms with E-state index in [1.54, 1.807) is 50.5 Å². The van der Waals surface area contributed by atoms with E-state index in [1.807, 2.05) is 0 Å². The number of hydrogen-bond donors (Lipinski definition) is 2. The van der Waals surface area contributed by atoms with Gasteiger partial charge in [-0.3, -0.25) is 25.0 Å². The molecule has 0 radical (unpaired) electrons. The molecular weight excluding hydrogens is 590 g/mol. The van der Waals surface area contributed by atoms with Crippen molar-refractivity contribution in [3.63, 3.8) is 0 Å². The van der Waals surface area contributed by atoms with Gasteiger partial charge < -0.3 is 24.8 Å². The van der Waals surface area contributed by atoms with Gasteiger partial charge in [-0.25, -0.2) is 4.79 Å². The van der Waals surface area contributed by atoms with E-state index in [4.69, 9.17) is 9.47 Å². The van der Waals surface area contributed by atoms with E-state index in [9.17, 15) is 40.2 Å². The minimum Gasteiger partial charge on any atom is -0.480 e. The number of carboxylic acids is 1. The lowest BCUT2D eigenvalue weighted by Gasteiger charge is -2.17. The fraction of sp³-hybridized carbons (Fsp3) is 0.138. The summed E-state index contributed by atoms with van der Waals surface area (Å²) in [6.07, 6.45) is -0.117. The van der Waals surface area contributed by atoms with E-state index in [2.05, 4.69) is 15.3 Å². The molecule has 0 aliphatic heterocycles. The molecule has 1 unspecified atom stereocenters. The average Bonchev–Trinajstić information content (AvgIpc) is 3.00. The molecule has 1 amide bonds. The molecule has 0 spiro atoms. The van der Waals surface area contributed by atoms with Crippen LogP contribution in [0.15, 0.2) is 72.8 Å². The van der Waals surface area contributed by atoms with Crippen molar-refractivity contribution in [2.45, 2.75) is 12.5 Å². The van der Waals surface area contributed by atoms with Gasteiger partial charge in [0, 0.05) is 38.2 Å². The van der Waals surface area contributed by atoms with E-state index in [0.29, 0.717) is 5.56 Å². The number of carboxylic acid groups (broad SMARTS) is 1. The Labute approximate surface area is 254 Å². The zero-order valence-electron chi connectivity index (χ0n) is 23.6. The van der Waals surface area contributed by atoms with Gasteiger partial charge in [-0.1, -0.05) is 36.4 Å². The highest BCUT2D eigenvalue weighted by Crippen LogP contribution is 2.40. The second-order valence-electron chi connectivity index (χ2n) is 9.47. The number of anilines is 1. The van der Waals surface area contributed by atoms with Crippen LogP contribution in [0.1, 0.15) is 21.5 Å². The number of amides is 1. The van der Waals surface area contributed by atoms with Crippen LogP contribution in [-0.4, -0.2) is 61.8 Å². The number of rotatable bonds is 12. The lowest BCUT2D eigenvalue weighted by atomic mass is 10.1. The van der Waals surface area contributed by atoms with Crippen LogP contribution in [0.25, 0.3) is 0 Å². The number of aliphatic carboxylic acids is 1. The highest BCUT2D eigenvalue weighted by Gasteiger charge is 2.32. The second-order valence-corrected chi connectivity index (χ2v) is 9.47. The SMILES string of the molecule is CN(C)C(=O)c1cccc(Oc2nc(NC(Cc3ccccc3)C(=O)O)c([N+](=O)[O-])c(Oc3cc(C#N)ccc3[N+](=O)[O-])n2)c1. The number of hydrogen-bond acceptors (Lipinski definition) is 12. The Morgan fingerprint density at radius 3 is 2.36 bits per heavy atom. The summed E-state index contributed by atoms with van der Waals surface area (Å²) in [7, 11) is 3.09. The van der Waals surface area contributed by atoms with E-state index in [0.717, 1.165) is 18.2 Å². The number of benzene rings is 3. The number of nitro benzene ring substituents is 1. The van der Waals surface area contributed by atoms with E-state index in [-0.39, 0.29) is 29.2 Å². The lowest BCUT2D eigenvalue weighted by Crippen LogP contribution is -2.32. The summed E-state index contributed by atoms with van der Waals surface area (Å²) in [6.45, 7) is 0. The van der Waals surface area contributed by atoms with Crippen molar-refractivity contribution in [3.05, 3.63) is 110 Å². The molecule has 1 heterocycles. The van der Waals surface area contributed by atoms with Crippen molar-refractivity contribution in [2.75, 3.05) is 19.4 Å². The summed E-state index contributed by atoms with van der Waals surface area (Å²) in [5, 5.41) is 45.8. The Bertz CT molecular complexity index is 1830. The summed E-state index contributed by atoms with van der Waals surface area (Å²) in [4.78, 5) is 56.2. The number of nitriles is 1. The van der Waals surface area contributed by atoms with Gasteiger partial charge in [0.25, 0.3) is 5.91 Å². The van der Waals surface area contributed by atoms with Gasteiger partial charge in [0.1, 0.15) is 11.8 Å². The van der Waals surface area contributed by atoms with Crippen LogP contribution in [0.2, 0.25) is 0 Å². The molecule has 0 fully saturated rings. The quantitative estimate of drug-likeness (QED) is 0.165. The summed E-state index contributed by atoms with van der Waals surface area (Å²) < 4.78 is 11.3. The highest BCUT2D eigenvalue weighted by molar-refractivity contribution is 5.94. The van der Waals surface area contributed by atoms with Crippen molar-refractivity contribution in [1.82, 2.24) is 14.9 Å². The van der Waals surface area contributed by atoms with Crippen LogP contribution in [-0.2, 0) is 11.2 Å². The minimum atomic E-state index is -1.45. The van der Waals surface area contributed by atoms with Crippen molar-refractivity contribution in [2.24, 2.45) is 0 Å². The molecule has 4 aromatic rings.